The van der Waals surface area contributed by atoms with Crippen LogP contribution in [0, 0.1) is 0 Å². The van der Waals surface area contributed by atoms with Crippen molar-refractivity contribution in [2.45, 2.75) is 50.2 Å². The lowest BCUT2D eigenvalue weighted by Crippen LogP contribution is -2.64. The van der Waals surface area contributed by atoms with E-state index in [9.17, 15) is 43.2 Å². The third-order valence-corrected chi connectivity index (χ3v) is 10.8. The number of alkyl halides is 6. The summed E-state index contributed by atoms with van der Waals surface area (Å²) >= 11 is 0. The van der Waals surface area contributed by atoms with E-state index in [1.54, 1.807) is 21.3 Å². The SMILES string of the molecule is CCC(C)[N+]1(C[Si](OC)(OC)OC)CCCC1.O=S(=O)([N-]S(=O)(=O)C(F)(F)F)C(F)(F)F. The molecule has 1 heterocycles. The Morgan fingerprint density at radius 2 is 1.22 bits per heavy atom. The molecule has 0 amide bonds. The summed E-state index contributed by atoms with van der Waals surface area (Å²) in [7, 11) is -10.8. The highest BCUT2D eigenvalue weighted by molar-refractivity contribution is 8.13. The van der Waals surface area contributed by atoms with Crippen LogP contribution in [-0.4, -0.2) is 87.8 Å². The second kappa shape index (κ2) is 11.3. The van der Waals surface area contributed by atoms with Crippen LogP contribution in [0.2, 0.25) is 0 Å². The van der Waals surface area contributed by atoms with Crippen molar-refractivity contribution in [3.63, 3.8) is 0 Å². The summed E-state index contributed by atoms with van der Waals surface area (Å²) in [4.78, 5) is 0. The molecule has 1 rings (SSSR count). The fourth-order valence-corrected chi connectivity index (χ4v) is 7.15. The Morgan fingerprint density at radius 3 is 1.47 bits per heavy atom. The van der Waals surface area contributed by atoms with E-state index < -0.39 is 39.9 Å². The number of likely N-dealkylation sites (tertiary alicyclic amines) is 1. The number of quaternary nitrogens is 1. The molecular formula is C14H28F6N2O7S2Si. The summed E-state index contributed by atoms with van der Waals surface area (Å²) in [5, 5.41) is 0. The van der Waals surface area contributed by atoms with Gasteiger partial charge in [0, 0.05) is 34.2 Å². The maximum absolute atomic E-state index is 11.4. The number of sulfonamides is 2. The molecule has 194 valence electrons. The first-order valence-corrected chi connectivity index (χ1v) is 14.0. The Labute approximate surface area is 185 Å². The minimum atomic E-state index is -6.72. The van der Waals surface area contributed by atoms with Gasteiger partial charge in [-0.15, -0.1) is 0 Å². The van der Waals surface area contributed by atoms with E-state index in [2.05, 4.69) is 13.8 Å². The number of hydrogen-bond acceptors (Lipinski definition) is 7. The average molecular weight is 543 g/mol. The number of rotatable bonds is 9. The van der Waals surface area contributed by atoms with E-state index in [-0.39, 0.29) is 0 Å². The smallest absolute Gasteiger partial charge is 0.421 e. The van der Waals surface area contributed by atoms with Gasteiger partial charge in [0.25, 0.3) is 0 Å². The lowest BCUT2D eigenvalue weighted by molar-refractivity contribution is -0.931. The van der Waals surface area contributed by atoms with Gasteiger partial charge in [0.05, 0.1) is 19.1 Å². The summed E-state index contributed by atoms with van der Waals surface area (Å²) in [6.07, 6.45) is 4.73. The number of hydrogen-bond donors (Lipinski definition) is 0. The molecule has 0 aromatic heterocycles. The van der Waals surface area contributed by atoms with Gasteiger partial charge in [-0.25, -0.2) is 16.8 Å². The third-order valence-electron chi connectivity index (χ3n) is 5.21. The van der Waals surface area contributed by atoms with Gasteiger partial charge in [-0.2, -0.15) is 26.3 Å². The van der Waals surface area contributed by atoms with Gasteiger partial charge in [-0.05, 0) is 13.3 Å². The highest BCUT2D eigenvalue weighted by Gasteiger charge is 2.51. The Kier molecular flexibility index (Phi) is 11.1. The van der Waals surface area contributed by atoms with Crippen molar-refractivity contribution in [2.24, 2.45) is 0 Å². The molecule has 0 N–H and O–H groups in total. The van der Waals surface area contributed by atoms with Gasteiger partial charge in [0.1, 0.15) is 6.17 Å². The lowest BCUT2D eigenvalue weighted by Gasteiger charge is -2.43. The lowest BCUT2D eigenvalue weighted by atomic mass is 10.2. The molecule has 0 saturated carbocycles. The van der Waals surface area contributed by atoms with Crippen LogP contribution in [0.3, 0.4) is 0 Å². The monoisotopic (exact) mass is 542 g/mol. The molecule has 32 heavy (non-hydrogen) atoms. The summed E-state index contributed by atoms with van der Waals surface area (Å²) in [5.41, 5.74) is -12.4. The average Bonchev–Trinajstić information content (AvgIpc) is 3.13. The molecule has 1 fully saturated rings. The maximum Gasteiger partial charge on any atom is 0.558 e. The largest absolute Gasteiger partial charge is 0.558 e. The molecule has 0 aromatic carbocycles. The van der Waals surface area contributed by atoms with Crippen molar-refractivity contribution in [1.29, 1.82) is 0 Å². The van der Waals surface area contributed by atoms with E-state index in [0.29, 0.717) is 6.04 Å². The first-order valence-electron chi connectivity index (χ1n) is 9.16. The van der Waals surface area contributed by atoms with Crippen LogP contribution in [0.5, 0.6) is 0 Å². The van der Waals surface area contributed by atoms with Gasteiger partial charge in [-0.3, -0.25) is 0 Å². The summed E-state index contributed by atoms with van der Waals surface area (Å²) in [5.74, 6) is 0. The van der Waals surface area contributed by atoms with Crippen molar-refractivity contribution in [1.82, 2.24) is 0 Å². The highest BCUT2D eigenvalue weighted by atomic mass is 32.3. The predicted octanol–water partition coefficient (Wildman–Crippen LogP) is 2.87. The molecule has 1 aliphatic heterocycles. The van der Waals surface area contributed by atoms with Crippen LogP contribution in [0.4, 0.5) is 26.3 Å². The van der Waals surface area contributed by atoms with Crippen LogP contribution < -0.4 is 0 Å². The molecule has 0 aliphatic carbocycles. The van der Waals surface area contributed by atoms with Crippen molar-refractivity contribution >= 4 is 28.9 Å². The van der Waals surface area contributed by atoms with Crippen LogP contribution >= 0.6 is 0 Å². The van der Waals surface area contributed by atoms with E-state index in [1.807, 2.05) is 0 Å². The summed E-state index contributed by atoms with van der Waals surface area (Å²) < 4.78 is 127. The summed E-state index contributed by atoms with van der Waals surface area (Å²) in [6, 6.07) is 0.657. The molecular weight excluding hydrogens is 514 g/mol. The zero-order valence-corrected chi connectivity index (χ0v) is 20.8. The van der Waals surface area contributed by atoms with E-state index in [1.165, 1.54) is 32.4 Å². The molecule has 0 bridgehead atoms. The van der Waals surface area contributed by atoms with Crippen molar-refractivity contribution in [3.8, 4) is 0 Å². The molecule has 1 atom stereocenters. The van der Waals surface area contributed by atoms with Crippen LogP contribution in [0.1, 0.15) is 33.1 Å². The molecule has 18 heteroatoms. The van der Waals surface area contributed by atoms with Crippen molar-refractivity contribution in [3.05, 3.63) is 4.13 Å². The minimum absolute atomic E-state index is 0.657. The van der Waals surface area contributed by atoms with E-state index in [0.717, 1.165) is 14.8 Å². The van der Waals surface area contributed by atoms with Crippen LogP contribution in [-0.2, 0) is 33.3 Å². The fourth-order valence-electron chi connectivity index (χ4n) is 3.15. The fraction of sp³-hybridized carbons (Fsp3) is 1.00. The minimum Gasteiger partial charge on any atom is -0.421 e. The zero-order chi connectivity index (χ0) is 25.6. The summed E-state index contributed by atoms with van der Waals surface area (Å²) in [6.45, 7) is 7.07. The van der Waals surface area contributed by atoms with Gasteiger partial charge >= 0.3 is 19.8 Å². The van der Waals surface area contributed by atoms with Crippen molar-refractivity contribution < 1.29 is 60.9 Å². The Bertz CT molecular complexity index is 745. The first-order chi connectivity index (χ1) is 14.3. The Hall–Kier alpha value is -0.503. The quantitative estimate of drug-likeness (QED) is 0.250. The van der Waals surface area contributed by atoms with Gasteiger partial charge in [-0.1, -0.05) is 6.92 Å². The van der Waals surface area contributed by atoms with Gasteiger partial charge in [0.15, 0.2) is 20.0 Å². The molecule has 1 unspecified atom stereocenters. The standard InChI is InChI=1S/C12H28NO3Si.C2F6NO4S2/c1-6-12(2)13(9-7-8-10-13)11-17(14-3,15-4)16-5;3-1(4,5)14(10,11)9-15(12,13)2(6,7)8/h12H,6-11H2,1-5H3;/q+1;-1. The molecule has 0 radical (unpaired) electrons. The number of halogens is 6. The van der Waals surface area contributed by atoms with Gasteiger partial charge < -0.3 is 21.9 Å². The first kappa shape index (κ1) is 31.5. The molecule has 0 aromatic rings. The Balaban J connectivity index is 0.000000607. The molecule has 1 saturated heterocycles. The highest BCUT2D eigenvalue weighted by Crippen LogP contribution is 2.36. The third kappa shape index (κ3) is 7.78. The van der Waals surface area contributed by atoms with E-state index in [4.69, 9.17) is 13.3 Å². The van der Waals surface area contributed by atoms with Crippen LogP contribution in [0.25, 0.3) is 4.13 Å². The van der Waals surface area contributed by atoms with Crippen LogP contribution in [0.15, 0.2) is 0 Å². The topological polar surface area (TPSA) is 110 Å². The molecule has 9 nitrogen and oxygen atoms in total. The van der Waals surface area contributed by atoms with Gasteiger partial charge in [0.2, 0.25) is 0 Å². The van der Waals surface area contributed by atoms with E-state index >= 15 is 0 Å². The maximum atomic E-state index is 11.4. The second-order valence-electron chi connectivity index (χ2n) is 7.00. The number of nitrogens with zero attached hydrogens (tertiary/aromatic N) is 2. The predicted molar refractivity (Wildman–Crippen MR) is 104 cm³/mol. The Morgan fingerprint density at radius 1 is 0.875 bits per heavy atom. The second-order valence-corrected chi connectivity index (χ2v) is 13.3. The van der Waals surface area contributed by atoms with Crippen molar-refractivity contribution in [2.75, 3.05) is 40.6 Å². The zero-order valence-electron chi connectivity index (χ0n) is 18.2. The normalized spacial score (nSPS) is 18.7. The molecule has 1 aliphatic rings. The molecule has 0 spiro atoms.